The van der Waals surface area contributed by atoms with Crippen LogP contribution in [0.25, 0.3) is 0 Å². The van der Waals surface area contributed by atoms with E-state index in [4.69, 9.17) is 9.47 Å². The number of ether oxygens (including phenoxy) is 2. The van der Waals surface area contributed by atoms with E-state index in [2.05, 4.69) is 6.92 Å². The van der Waals surface area contributed by atoms with Crippen molar-refractivity contribution in [2.45, 2.75) is 65.5 Å². The van der Waals surface area contributed by atoms with Crippen LogP contribution in [0.5, 0.6) is 0 Å². The van der Waals surface area contributed by atoms with Gasteiger partial charge in [-0.05, 0) is 58.8 Å². The number of hydrogen-bond donors (Lipinski definition) is 0. The van der Waals surface area contributed by atoms with E-state index >= 15 is 0 Å². The van der Waals surface area contributed by atoms with E-state index in [1.807, 2.05) is 32.6 Å². The van der Waals surface area contributed by atoms with Gasteiger partial charge < -0.3 is 14.4 Å². The number of fused-ring (bicyclic) bond motifs is 1. The second-order valence-corrected chi connectivity index (χ2v) is 7.34. The van der Waals surface area contributed by atoms with Gasteiger partial charge in [-0.2, -0.15) is 0 Å². The quantitative estimate of drug-likeness (QED) is 0.732. The third-order valence-corrected chi connectivity index (χ3v) is 4.52. The molecule has 5 nitrogen and oxygen atoms in total. The zero-order valence-corrected chi connectivity index (χ0v) is 14.4. The Kier molecular flexibility index (Phi) is 5.03. The fraction of sp³-hybridized carbons (Fsp3) is 0.882. The van der Waals surface area contributed by atoms with E-state index in [-0.39, 0.29) is 29.9 Å². The molecule has 0 radical (unpaired) electrons. The van der Waals surface area contributed by atoms with Crippen LogP contribution < -0.4 is 0 Å². The van der Waals surface area contributed by atoms with E-state index in [0.717, 1.165) is 19.3 Å². The molecule has 0 aromatic rings. The number of carbonyl (C=O) groups is 2. The zero-order chi connectivity index (χ0) is 16.5. The minimum atomic E-state index is -0.495. The molecule has 2 rings (SSSR count). The van der Waals surface area contributed by atoms with Crippen LogP contribution in [0, 0.1) is 17.8 Å². The van der Waals surface area contributed by atoms with Crippen molar-refractivity contribution in [1.82, 2.24) is 4.90 Å². The van der Waals surface area contributed by atoms with Crippen molar-refractivity contribution in [3.8, 4) is 0 Å². The maximum Gasteiger partial charge on any atom is 0.410 e. The molecular weight excluding hydrogens is 282 g/mol. The highest BCUT2D eigenvalue weighted by atomic mass is 16.6. The third kappa shape index (κ3) is 3.55. The lowest BCUT2D eigenvalue weighted by molar-refractivity contribution is -0.145. The molecule has 0 heterocycles. The van der Waals surface area contributed by atoms with Crippen LogP contribution in [-0.4, -0.2) is 41.8 Å². The molecule has 4 atom stereocenters. The summed E-state index contributed by atoms with van der Waals surface area (Å²) in [7, 11) is 0. The lowest BCUT2D eigenvalue weighted by atomic mass is 10.1. The van der Waals surface area contributed by atoms with E-state index in [1.165, 1.54) is 0 Å². The molecule has 2 aliphatic carbocycles. The molecule has 0 aromatic heterocycles. The third-order valence-electron chi connectivity index (χ3n) is 4.52. The summed E-state index contributed by atoms with van der Waals surface area (Å²) in [5.74, 6) is 0.548. The van der Waals surface area contributed by atoms with Crippen LogP contribution in [0.4, 0.5) is 4.79 Å². The van der Waals surface area contributed by atoms with Gasteiger partial charge in [0.25, 0.3) is 0 Å². The van der Waals surface area contributed by atoms with Crippen LogP contribution in [0.15, 0.2) is 0 Å². The smallest absolute Gasteiger partial charge is 0.410 e. The highest BCUT2D eigenvalue weighted by Crippen LogP contribution is 2.59. The van der Waals surface area contributed by atoms with Gasteiger partial charge in [0.05, 0.1) is 12.5 Å². The molecular formula is C17H29NO4. The fourth-order valence-corrected chi connectivity index (χ4v) is 3.74. The monoisotopic (exact) mass is 311 g/mol. The van der Waals surface area contributed by atoms with Gasteiger partial charge in [0, 0.05) is 12.6 Å². The Balaban J connectivity index is 2.04. The number of carbonyl (C=O) groups excluding carboxylic acids is 2. The minimum absolute atomic E-state index is 0.0134. The number of esters is 1. The molecule has 126 valence electrons. The SMILES string of the molecule is CCCN(C(=O)OC(C)(C)C)[C@H]1CC[C@H]2[C@H](C(=O)OCC)[C@H]21. The van der Waals surface area contributed by atoms with Crippen molar-refractivity contribution < 1.29 is 19.1 Å². The van der Waals surface area contributed by atoms with E-state index in [1.54, 1.807) is 0 Å². The van der Waals surface area contributed by atoms with Gasteiger partial charge >= 0.3 is 12.1 Å². The number of rotatable bonds is 5. The Bertz CT molecular complexity index is 429. The summed E-state index contributed by atoms with van der Waals surface area (Å²) < 4.78 is 10.7. The van der Waals surface area contributed by atoms with Crippen LogP contribution in [0.1, 0.15) is 53.9 Å². The lowest BCUT2D eigenvalue weighted by Gasteiger charge is -2.32. The van der Waals surface area contributed by atoms with E-state index < -0.39 is 5.60 Å². The first-order chi connectivity index (χ1) is 10.3. The van der Waals surface area contributed by atoms with Crippen LogP contribution in [0.2, 0.25) is 0 Å². The summed E-state index contributed by atoms with van der Waals surface area (Å²) in [5, 5.41) is 0. The summed E-state index contributed by atoms with van der Waals surface area (Å²) in [6, 6.07) is 0.120. The average Bonchev–Trinajstić information content (AvgIpc) is 2.97. The predicted octanol–water partition coefficient (Wildman–Crippen LogP) is 3.22. The molecule has 2 fully saturated rings. The summed E-state index contributed by atoms with van der Waals surface area (Å²) >= 11 is 0. The van der Waals surface area contributed by atoms with Crippen molar-refractivity contribution in [2.24, 2.45) is 17.8 Å². The normalized spacial score (nSPS) is 29.7. The fourth-order valence-electron chi connectivity index (χ4n) is 3.74. The molecule has 1 amide bonds. The summed E-state index contributed by atoms with van der Waals surface area (Å²) in [6.07, 6.45) is 2.60. The largest absolute Gasteiger partial charge is 0.466 e. The van der Waals surface area contributed by atoms with Crippen molar-refractivity contribution in [2.75, 3.05) is 13.2 Å². The molecule has 0 unspecified atom stereocenters. The van der Waals surface area contributed by atoms with Gasteiger partial charge in [0.2, 0.25) is 0 Å². The highest BCUT2D eigenvalue weighted by molar-refractivity contribution is 5.77. The van der Waals surface area contributed by atoms with Gasteiger partial charge in [-0.15, -0.1) is 0 Å². The zero-order valence-electron chi connectivity index (χ0n) is 14.4. The highest BCUT2D eigenvalue weighted by Gasteiger charge is 2.64. The predicted molar refractivity (Wildman–Crippen MR) is 83.4 cm³/mol. The second-order valence-electron chi connectivity index (χ2n) is 7.34. The molecule has 0 saturated heterocycles. The molecule has 0 aromatic carbocycles. The maximum absolute atomic E-state index is 12.5. The Morgan fingerprint density at radius 2 is 1.86 bits per heavy atom. The van der Waals surface area contributed by atoms with Gasteiger partial charge in [-0.25, -0.2) is 4.79 Å². The molecule has 22 heavy (non-hydrogen) atoms. The Morgan fingerprint density at radius 3 is 2.41 bits per heavy atom. The Morgan fingerprint density at radius 1 is 1.18 bits per heavy atom. The molecule has 0 bridgehead atoms. The number of hydrogen-bond acceptors (Lipinski definition) is 4. The van der Waals surface area contributed by atoms with E-state index in [9.17, 15) is 9.59 Å². The lowest BCUT2D eigenvalue weighted by Crippen LogP contribution is -2.44. The van der Waals surface area contributed by atoms with Gasteiger partial charge in [-0.3, -0.25) is 4.79 Å². The standard InChI is InChI=1S/C17H29NO4/c1-6-10-18(16(20)22-17(3,4)5)12-9-8-11-13(12)14(11)15(19)21-7-2/h11-14H,6-10H2,1-5H3/t11-,12+,13-,14+/m1/s1. The average molecular weight is 311 g/mol. The van der Waals surface area contributed by atoms with Crippen molar-refractivity contribution >= 4 is 12.1 Å². The Labute approximate surface area is 133 Å². The van der Waals surface area contributed by atoms with Crippen LogP contribution >= 0.6 is 0 Å². The number of nitrogens with zero attached hydrogens (tertiary/aromatic N) is 1. The van der Waals surface area contributed by atoms with Crippen LogP contribution in [-0.2, 0) is 14.3 Å². The Hall–Kier alpha value is -1.26. The number of amides is 1. The van der Waals surface area contributed by atoms with Gasteiger partial charge in [0.1, 0.15) is 5.60 Å². The van der Waals surface area contributed by atoms with Crippen LogP contribution in [0.3, 0.4) is 0 Å². The minimum Gasteiger partial charge on any atom is -0.466 e. The first-order valence-corrected chi connectivity index (χ1v) is 8.46. The molecule has 2 aliphatic rings. The van der Waals surface area contributed by atoms with Gasteiger partial charge in [-0.1, -0.05) is 6.92 Å². The summed E-state index contributed by atoms with van der Waals surface area (Å²) in [5.41, 5.74) is -0.495. The van der Waals surface area contributed by atoms with Crippen molar-refractivity contribution in [3.63, 3.8) is 0 Å². The van der Waals surface area contributed by atoms with E-state index in [0.29, 0.717) is 19.1 Å². The van der Waals surface area contributed by atoms with Crippen molar-refractivity contribution in [3.05, 3.63) is 0 Å². The summed E-state index contributed by atoms with van der Waals surface area (Å²) in [6.45, 7) is 10.6. The van der Waals surface area contributed by atoms with Crippen molar-refractivity contribution in [1.29, 1.82) is 0 Å². The van der Waals surface area contributed by atoms with Gasteiger partial charge in [0.15, 0.2) is 0 Å². The molecule has 0 spiro atoms. The molecule has 2 saturated carbocycles. The topological polar surface area (TPSA) is 55.8 Å². The molecule has 0 aliphatic heterocycles. The maximum atomic E-state index is 12.5. The first-order valence-electron chi connectivity index (χ1n) is 8.46. The molecule has 0 N–H and O–H groups in total. The molecule has 5 heteroatoms. The second kappa shape index (κ2) is 6.47. The summed E-state index contributed by atoms with van der Waals surface area (Å²) in [4.78, 5) is 26.3. The first kappa shape index (κ1) is 17.1.